The first kappa shape index (κ1) is 37.6. The van der Waals surface area contributed by atoms with E-state index in [1.165, 1.54) is 101 Å². The van der Waals surface area contributed by atoms with E-state index in [0.29, 0.717) is 0 Å². The highest BCUT2D eigenvalue weighted by Gasteiger charge is 2.37. The molecule has 10 rings (SSSR count). The molecule has 0 radical (unpaired) electrons. The lowest BCUT2D eigenvalue weighted by Gasteiger charge is -2.30. The number of hydrogen-bond acceptors (Lipinski definition) is 2. The Kier molecular flexibility index (Phi) is 8.77. The van der Waals surface area contributed by atoms with Crippen molar-refractivity contribution in [2.75, 3.05) is 9.80 Å². The van der Waals surface area contributed by atoms with E-state index >= 15 is 0 Å². The van der Waals surface area contributed by atoms with E-state index < -0.39 is 0 Å². The van der Waals surface area contributed by atoms with Crippen LogP contribution in [0.1, 0.15) is 72.2 Å². The van der Waals surface area contributed by atoms with E-state index in [-0.39, 0.29) is 10.8 Å². The Bertz CT molecular complexity index is 2800. The van der Waals surface area contributed by atoms with E-state index in [1.807, 2.05) is 0 Å². The molecular formula is C58H52N2. The van der Waals surface area contributed by atoms with Crippen LogP contribution in [0.25, 0.3) is 33.4 Å². The number of anilines is 6. The Balaban J connectivity index is 1.04. The number of hydrogen-bond donors (Lipinski definition) is 0. The Morgan fingerprint density at radius 3 is 0.983 bits per heavy atom. The maximum Gasteiger partial charge on any atom is 0.0490 e. The molecule has 0 unspecified atom stereocenters. The summed E-state index contributed by atoms with van der Waals surface area (Å²) >= 11 is 0. The summed E-state index contributed by atoms with van der Waals surface area (Å²) in [6.07, 6.45) is 0. The van der Waals surface area contributed by atoms with Crippen LogP contribution in [0.15, 0.2) is 170 Å². The summed E-state index contributed by atoms with van der Waals surface area (Å²) < 4.78 is 0. The zero-order valence-corrected chi connectivity index (χ0v) is 36.1. The summed E-state index contributed by atoms with van der Waals surface area (Å²) in [4.78, 5) is 4.88. The first-order chi connectivity index (χ1) is 28.9. The minimum absolute atomic E-state index is 0.0828. The first-order valence-electron chi connectivity index (χ1n) is 21.4. The number of fused-ring (bicyclic) bond motifs is 6. The molecule has 0 N–H and O–H groups in total. The third-order valence-electron chi connectivity index (χ3n) is 13.6. The second-order valence-electron chi connectivity index (χ2n) is 18.0. The van der Waals surface area contributed by atoms with Gasteiger partial charge in [-0.25, -0.2) is 0 Å². The van der Waals surface area contributed by atoms with E-state index in [2.05, 4.69) is 235 Å². The van der Waals surface area contributed by atoms with Crippen molar-refractivity contribution >= 4 is 34.1 Å². The van der Waals surface area contributed by atoms with Gasteiger partial charge in [0, 0.05) is 45.0 Å². The first-order valence-corrected chi connectivity index (χ1v) is 21.4. The van der Waals surface area contributed by atoms with Crippen LogP contribution in [0.5, 0.6) is 0 Å². The molecule has 294 valence electrons. The third kappa shape index (κ3) is 5.84. The summed E-state index contributed by atoms with van der Waals surface area (Å²) in [6.45, 7) is 18.4. The zero-order valence-electron chi connectivity index (χ0n) is 36.1. The van der Waals surface area contributed by atoms with E-state index in [4.69, 9.17) is 0 Å². The lowest BCUT2D eigenvalue weighted by molar-refractivity contribution is 0.660. The molecule has 0 amide bonds. The second-order valence-corrected chi connectivity index (χ2v) is 18.0. The Labute approximate surface area is 356 Å². The fraction of sp³-hybridized carbons (Fsp3) is 0.172. The summed E-state index contributed by atoms with van der Waals surface area (Å²) in [7, 11) is 0. The van der Waals surface area contributed by atoms with Gasteiger partial charge in [-0.2, -0.15) is 0 Å². The summed E-state index contributed by atoms with van der Waals surface area (Å²) in [5.41, 5.74) is 25.2. The normalized spacial score (nSPS) is 13.9. The second kappa shape index (κ2) is 14.0. The minimum atomic E-state index is -0.0828. The van der Waals surface area contributed by atoms with Gasteiger partial charge >= 0.3 is 0 Å². The molecule has 8 aromatic carbocycles. The van der Waals surface area contributed by atoms with Gasteiger partial charge in [-0.05, 0) is 166 Å². The molecule has 60 heavy (non-hydrogen) atoms. The summed E-state index contributed by atoms with van der Waals surface area (Å²) in [5.74, 6) is 0. The van der Waals surface area contributed by atoms with Crippen LogP contribution >= 0.6 is 0 Å². The van der Waals surface area contributed by atoms with Crippen molar-refractivity contribution < 1.29 is 0 Å². The smallest absolute Gasteiger partial charge is 0.0490 e. The van der Waals surface area contributed by atoms with Crippen molar-refractivity contribution in [2.45, 2.75) is 66.2 Å². The molecule has 0 spiro atoms. The summed E-state index contributed by atoms with van der Waals surface area (Å²) in [6, 6.07) is 63.4. The molecule has 0 saturated heterocycles. The maximum atomic E-state index is 2.44. The van der Waals surface area contributed by atoms with Crippen LogP contribution in [-0.4, -0.2) is 0 Å². The molecule has 2 heteroatoms. The van der Waals surface area contributed by atoms with Gasteiger partial charge in [0.2, 0.25) is 0 Å². The van der Waals surface area contributed by atoms with Crippen molar-refractivity contribution in [3.8, 4) is 33.4 Å². The third-order valence-corrected chi connectivity index (χ3v) is 13.6. The Hall–Kier alpha value is -6.64. The molecule has 2 aliphatic rings. The Morgan fingerprint density at radius 2 is 0.600 bits per heavy atom. The van der Waals surface area contributed by atoms with Crippen LogP contribution in [-0.2, 0) is 10.8 Å². The van der Waals surface area contributed by atoms with Crippen molar-refractivity contribution in [2.24, 2.45) is 0 Å². The van der Waals surface area contributed by atoms with Gasteiger partial charge in [0.1, 0.15) is 0 Å². The van der Waals surface area contributed by atoms with Crippen molar-refractivity contribution in [3.63, 3.8) is 0 Å². The van der Waals surface area contributed by atoms with Gasteiger partial charge in [-0.1, -0.05) is 137 Å². The molecule has 0 saturated carbocycles. The van der Waals surface area contributed by atoms with E-state index in [0.717, 1.165) is 11.4 Å². The lowest BCUT2D eigenvalue weighted by Crippen LogP contribution is -2.17. The lowest BCUT2D eigenvalue weighted by atomic mass is 9.82. The SMILES string of the molecule is Cc1cc(N(c2ccc3c(c2)C(C)(C)c2ccccc2-3)c2ccccc2C)ccc1-c1ccc(N(c2ccc3c(c2)C(C)(C)c2ccccc2-3)c2ccccc2C)cc1C. The van der Waals surface area contributed by atoms with Gasteiger partial charge < -0.3 is 9.80 Å². The molecule has 0 fully saturated rings. The Morgan fingerprint density at radius 1 is 0.283 bits per heavy atom. The largest absolute Gasteiger partial charge is 0.310 e. The number of para-hydroxylation sites is 2. The van der Waals surface area contributed by atoms with E-state index in [1.54, 1.807) is 0 Å². The molecule has 2 aliphatic carbocycles. The van der Waals surface area contributed by atoms with Gasteiger partial charge in [0.25, 0.3) is 0 Å². The van der Waals surface area contributed by atoms with Crippen LogP contribution in [0, 0.1) is 27.7 Å². The molecule has 8 aromatic rings. The van der Waals surface area contributed by atoms with Crippen molar-refractivity contribution in [1.82, 2.24) is 0 Å². The topological polar surface area (TPSA) is 6.48 Å². The van der Waals surface area contributed by atoms with E-state index in [9.17, 15) is 0 Å². The van der Waals surface area contributed by atoms with Crippen molar-refractivity contribution in [3.05, 3.63) is 214 Å². The van der Waals surface area contributed by atoms with Gasteiger partial charge in [-0.15, -0.1) is 0 Å². The predicted molar refractivity (Wildman–Crippen MR) is 255 cm³/mol. The minimum Gasteiger partial charge on any atom is -0.310 e. The quantitative estimate of drug-likeness (QED) is 0.159. The maximum absolute atomic E-state index is 2.44. The highest BCUT2D eigenvalue weighted by atomic mass is 15.1. The molecule has 0 atom stereocenters. The molecular weight excluding hydrogens is 725 g/mol. The molecule has 0 heterocycles. The predicted octanol–water partition coefficient (Wildman–Crippen LogP) is 16.1. The van der Waals surface area contributed by atoms with Crippen LogP contribution < -0.4 is 9.80 Å². The van der Waals surface area contributed by atoms with Gasteiger partial charge in [0.15, 0.2) is 0 Å². The molecule has 0 aliphatic heterocycles. The van der Waals surface area contributed by atoms with Crippen LogP contribution in [0.3, 0.4) is 0 Å². The average molecular weight is 777 g/mol. The number of rotatable bonds is 7. The van der Waals surface area contributed by atoms with Gasteiger partial charge in [-0.3, -0.25) is 0 Å². The zero-order chi connectivity index (χ0) is 41.5. The molecule has 2 nitrogen and oxygen atoms in total. The summed E-state index contributed by atoms with van der Waals surface area (Å²) in [5, 5.41) is 0. The fourth-order valence-corrected chi connectivity index (χ4v) is 10.3. The fourth-order valence-electron chi connectivity index (χ4n) is 10.3. The van der Waals surface area contributed by atoms with Crippen LogP contribution in [0.2, 0.25) is 0 Å². The number of aryl methyl sites for hydroxylation is 4. The van der Waals surface area contributed by atoms with Crippen LogP contribution in [0.4, 0.5) is 34.1 Å². The average Bonchev–Trinajstić information content (AvgIpc) is 3.62. The van der Waals surface area contributed by atoms with Gasteiger partial charge in [0.05, 0.1) is 0 Å². The standard InChI is InChI=1S/C58H52N2/c1-37-17-9-15-23-55(37)59(43-27-31-49-47-19-11-13-21-51(47)57(5,6)53(49)35-43)41-25-29-45(39(3)33-41)46-30-26-42(34-40(46)4)60(56-24-16-10-18-38(56)2)44-28-32-50-48-20-12-14-22-52(48)58(7,8)54(50)36-44/h9-36H,1-8H3. The highest BCUT2D eigenvalue weighted by molar-refractivity contribution is 5.89. The monoisotopic (exact) mass is 776 g/mol. The highest BCUT2D eigenvalue weighted by Crippen LogP contribution is 2.53. The number of nitrogens with zero attached hydrogens (tertiary/aromatic N) is 2. The van der Waals surface area contributed by atoms with Crippen molar-refractivity contribution in [1.29, 1.82) is 0 Å². The molecule has 0 bridgehead atoms. The molecule has 0 aromatic heterocycles. The number of benzene rings is 8.